The minimum Gasteiger partial charge on any atom is -0.465 e. The summed E-state index contributed by atoms with van der Waals surface area (Å²) in [5.74, 6) is -1.46. The lowest BCUT2D eigenvalue weighted by molar-refractivity contribution is -0.153. The molecule has 0 fully saturated rings. The molecule has 0 saturated heterocycles. The van der Waals surface area contributed by atoms with E-state index in [9.17, 15) is 9.59 Å². The number of esters is 2. The number of hydrogen-bond donors (Lipinski definition) is 1. The van der Waals surface area contributed by atoms with Crippen molar-refractivity contribution in [3.05, 3.63) is 63.7 Å². The first kappa shape index (κ1) is 21.0. The Morgan fingerprint density at radius 1 is 1.17 bits per heavy atom. The maximum absolute atomic E-state index is 13.6. The van der Waals surface area contributed by atoms with E-state index in [-0.39, 0.29) is 25.2 Å². The Kier molecular flexibility index (Phi) is 6.37. The number of carbonyl (C=O) groups is 2. The summed E-state index contributed by atoms with van der Waals surface area (Å²) < 4.78 is 11.0. The van der Waals surface area contributed by atoms with E-state index in [1.807, 2.05) is 49.6 Å². The summed E-state index contributed by atoms with van der Waals surface area (Å²) in [5.41, 5.74) is 0.702. The molecule has 1 aliphatic rings. The maximum Gasteiger partial charge on any atom is 0.336 e. The van der Waals surface area contributed by atoms with Gasteiger partial charge in [-0.3, -0.25) is 4.79 Å². The third kappa shape index (κ3) is 3.55. The Morgan fingerprint density at radius 3 is 2.45 bits per heavy atom. The van der Waals surface area contributed by atoms with E-state index in [1.165, 1.54) is 11.3 Å². The quantitative estimate of drug-likeness (QED) is 0.729. The minimum absolute atomic E-state index is 0.238. The topological polar surface area (TPSA) is 77.5 Å². The molecule has 1 N–H and O–H groups in total. The summed E-state index contributed by atoms with van der Waals surface area (Å²) in [7, 11) is 0. The Balaban J connectivity index is 2.35. The second-order valence-corrected chi connectivity index (χ2v) is 7.81. The number of allylic oxidation sites excluding steroid dienone is 1. The van der Waals surface area contributed by atoms with Gasteiger partial charge < -0.3 is 14.8 Å². The Hall–Kier alpha value is -2.67. The van der Waals surface area contributed by atoms with E-state index >= 15 is 0 Å². The number of aromatic nitrogens is 1. The van der Waals surface area contributed by atoms with Crippen LogP contribution in [-0.2, 0) is 24.5 Å². The van der Waals surface area contributed by atoms with Crippen LogP contribution >= 0.6 is 11.3 Å². The van der Waals surface area contributed by atoms with Gasteiger partial charge in [0.2, 0.25) is 0 Å². The third-order valence-corrected chi connectivity index (χ3v) is 6.16. The van der Waals surface area contributed by atoms with Gasteiger partial charge in [-0.25, -0.2) is 9.78 Å². The van der Waals surface area contributed by atoms with Gasteiger partial charge in [0.15, 0.2) is 0 Å². The molecule has 6 nitrogen and oxygen atoms in total. The van der Waals surface area contributed by atoms with E-state index in [2.05, 4.69) is 10.3 Å². The number of nitrogens with zero attached hydrogens (tertiary/aromatic N) is 1. The van der Waals surface area contributed by atoms with Crippen molar-refractivity contribution in [2.75, 3.05) is 13.2 Å². The predicted octanol–water partition coefficient (Wildman–Crippen LogP) is 3.56. The first-order valence-corrected chi connectivity index (χ1v) is 10.6. The molecule has 3 rings (SSSR count). The molecule has 0 spiro atoms. The van der Waals surface area contributed by atoms with E-state index in [0.717, 1.165) is 5.56 Å². The molecule has 0 aliphatic carbocycles. The molecule has 154 valence electrons. The van der Waals surface area contributed by atoms with E-state index in [1.54, 1.807) is 20.0 Å². The molecule has 0 bridgehead atoms. The Labute approximate surface area is 174 Å². The SMILES string of the molecule is CCOC(=O)C1=C(C)NC(C)C(C(=O)OCC)(c2ccccc2)C1c1nccs1. The van der Waals surface area contributed by atoms with Crippen LogP contribution in [0.4, 0.5) is 0 Å². The van der Waals surface area contributed by atoms with Crippen LogP contribution in [0.25, 0.3) is 0 Å². The number of rotatable bonds is 6. The summed E-state index contributed by atoms with van der Waals surface area (Å²) in [6, 6.07) is 9.14. The average molecular weight is 415 g/mol. The monoisotopic (exact) mass is 414 g/mol. The lowest BCUT2D eigenvalue weighted by Crippen LogP contribution is -2.60. The highest BCUT2D eigenvalue weighted by atomic mass is 32.1. The van der Waals surface area contributed by atoms with Gasteiger partial charge in [-0.1, -0.05) is 30.3 Å². The summed E-state index contributed by atoms with van der Waals surface area (Å²) in [4.78, 5) is 31.1. The number of hydrogen-bond acceptors (Lipinski definition) is 7. The minimum atomic E-state index is -1.17. The van der Waals surface area contributed by atoms with E-state index < -0.39 is 17.3 Å². The first-order valence-electron chi connectivity index (χ1n) is 9.74. The number of nitrogens with one attached hydrogen (secondary N) is 1. The van der Waals surface area contributed by atoms with E-state index in [4.69, 9.17) is 9.47 Å². The molecule has 29 heavy (non-hydrogen) atoms. The first-order chi connectivity index (χ1) is 14.0. The van der Waals surface area contributed by atoms with Crippen molar-refractivity contribution in [1.82, 2.24) is 10.3 Å². The van der Waals surface area contributed by atoms with Gasteiger partial charge in [-0.05, 0) is 33.3 Å². The van der Waals surface area contributed by atoms with Crippen molar-refractivity contribution < 1.29 is 19.1 Å². The second kappa shape index (κ2) is 8.78. The van der Waals surface area contributed by atoms with Crippen molar-refractivity contribution in [1.29, 1.82) is 0 Å². The number of ether oxygens (including phenoxy) is 2. The molecule has 1 aromatic heterocycles. The molecule has 3 atom stereocenters. The van der Waals surface area contributed by atoms with Crippen LogP contribution in [0.3, 0.4) is 0 Å². The number of benzene rings is 1. The zero-order valence-electron chi connectivity index (χ0n) is 17.1. The van der Waals surface area contributed by atoms with Gasteiger partial charge in [0, 0.05) is 23.3 Å². The van der Waals surface area contributed by atoms with Gasteiger partial charge in [0.05, 0.1) is 24.7 Å². The zero-order valence-corrected chi connectivity index (χ0v) is 17.9. The molecule has 0 radical (unpaired) electrons. The zero-order chi connectivity index (χ0) is 21.0. The lowest BCUT2D eigenvalue weighted by atomic mass is 9.61. The summed E-state index contributed by atoms with van der Waals surface area (Å²) in [5, 5.41) is 5.87. The van der Waals surface area contributed by atoms with Gasteiger partial charge in [-0.2, -0.15) is 0 Å². The molecule has 1 aliphatic heterocycles. The largest absolute Gasteiger partial charge is 0.465 e. The van der Waals surface area contributed by atoms with Crippen molar-refractivity contribution >= 4 is 23.3 Å². The predicted molar refractivity (Wildman–Crippen MR) is 112 cm³/mol. The Morgan fingerprint density at radius 2 is 1.86 bits per heavy atom. The molecular formula is C22H26N2O4S. The standard InChI is InChI=1S/C22H26N2O4S/c1-5-27-20(25)17-14(3)24-15(4)22(21(26)28-6-2,16-10-8-7-9-11-16)18(17)19-23-12-13-29-19/h7-13,15,18,24H,5-6H2,1-4H3. The summed E-state index contributed by atoms with van der Waals surface area (Å²) >= 11 is 1.42. The smallest absolute Gasteiger partial charge is 0.336 e. The molecule has 2 heterocycles. The second-order valence-electron chi connectivity index (χ2n) is 6.88. The van der Waals surface area contributed by atoms with Crippen LogP contribution in [0.2, 0.25) is 0 Å². The lowest BCUT2D eigenvalue weighted by Gasteiger charge is -2.47. The van der Waals surface area contributed by atoms with Crippen LogP contribution in [0.15, 0.2) is 53.2 Å². The molecular weight excluding hydrogens is 388 g/mol. The maximum atomic E-state index is 13.6. The molecule has 1 aromatic carbocycles. The summed E-state index contributed by atoms with van der Waals surface area (Å²) in [6.45, 7) is 7.80. The Bertz CT molecular complexity index is 895. The number of carbonyl (C=O) groups excluding carboxylic acids is 2. The highest BCUT2D eigenvalue weighted by molar-refractivity contribution is 7.09. The molecule has 0 amide bonds. The molecule has 7 heteroatoms. The average Bonchev–Trinajstić information content (AvgIpc) is 3.23. The number of thiazole rings is 1. The van der Waals surface area contributed by atoms with Crippen LogP contribution in [-0.4, -0.2) is 36.2 Å². The van der Waals surface area contributed by atoms with Crippen molar-refractivity contribution in [3.8, 4) is 0 Å². The van der Waals surface area contributed by atoms with Crippen LogP contribution in [0.1, 0.15) is 44.2 Å². The van der Waals surface area contributed by atoms with Crippen molar-refractivity contribution in [3.63, 3.8) is 0 Å². The van der Waals surface area contributed by atoms with Gasteiger partial charge in [0.25, 0.3) is 0 Å². The van der Waals surface area contributed by atoms with Crippen LogP contribution in [0, 0.1) is 0 Å². The molecule has 0 saturated carbocycles. The fourth-order valence-electron chi connectivity index (χ4n) is 4.18. The summed E-state index contributed by atoms with van der Waals surface area (Å²) in [6.07, 6.45) is 1.69. The van der Waals surface area contributed by atoms with Gasteiger partial charge in [-0.15, -0.1) is 11.3 Å². The highest BCUT2D eigenvalue weighted by Crippen LogP contribution is 2.51. The van der Waals surface area contributed by atoms with Crippen LogP contribution < -0.4 is 5.32 Å². The molecule has 3 unspecified atom stereocenters. The normalized spacial score (nSPS) is 24.0. The van der Waals surface area contributed by atoms with E-state index in [0.29, 0.717) is 16.3 Å². The fourth-order valence-corrected chi connectivity index (χ4v) is 5.00. The van der Waals surface area contributed by atoms with Crippen LogP contribution in [0.5, 0.6) is 0 Å². The van der Waals surface area contributed by atoms with Gasteiger partial charge >= 0.3 is 11.9 Å². The van der Waals surface area contributed by atoms with Crippen molar-refractivity contribution in [2.24, 2.45) is 0 Å². The fraction of sp³-hybridized carbons (Fsp3) is 0.409. The third-order valence-electron chi connectivity index (χ3n) is 5.32. The van der Waals surface area contributed by atoms with Crippen molar-refractivity contribution in [2.45, 2.75) is 45.1 Å². The molecule has 2 aromatic rings. The van der Waals surface area contributed by atoms with Gasteiger partial charge in [0.1, 0.15) is 10.4 Å². The highest BCUT2D eigenvalue weighted by Gasteiger charge is 2.59.